The number of fused-ring (bicyclic) bond motifs is 1. The van der Waals surface area contributed by atoms with Crippen LogP contribution in [0.15, 0.2) is 60.9 Å². The minimum Gasteiger partial charge on any atom is -0.476 e. The summed E-state index contributed by atoms with van der Waals surface area (Å²) in [7, 11) is 0. The van der Waals surface area contributed by atoms with Crippen molar-refractivity contribution in [2.45, 2.75) is 45.1 Å². The van der Waals surface area contributed by atoms with Crippen molar-refractivity contribution in [2.24, 2.45) is 0 Å². The minimum absolute atomic E-state index is 0.0269. The van der Waals surface area contributed by atoms with Crippen LogP contribution in [0.4, 0.5) is 16.4 Å². The lowest BCUT2D eigenvalue weighted by molar-refractivity contribution is -0.384. The highest BCUT2D eigenvalue weighted by Crippen LogP contribution is 2.34. The van der Waals surface area contributed by atoms with E-state index in [1.54, 1.807) is 47.0 Å². The molecule has 4 aromatic rings. The van der Waals surface area contributed by atoms with Gasteiger partial charge in [-0.3, -0.25) is 29.6 Å². The van der Waals surface area contributed by atoms with Crippen LogP contribution < -0.4 is 14.8 Å². The fourth-order valence-electron chi connectivity index (χ4n) is 4.58. The number of para-hydroxylation sites is 1. The molecular formula is C29H28N6O10. The first kappa shape index (κ1) is 30.8. The van der Waals surface area contributed by atoms with Crippen LogP contribution in [0.25, 0.3) is 11.2 Å². The molecule has 1 aliphatic heterocycles. The summed E-state index contributed by atoms with van der Waals surface area (Å²) >= 11 is 0. The molecule has 1 saturated heterocycles. The van der Waals surface area contributed by atoms with Crippen molar-refractivity contribution in [1.29, 1.82) is 0 Å². The van der Waals surface area contributed by atoms with Gasteiger partial charge in [-0.15, -0.1) is 0 Å². The summed E-state index contributed by atoms with van der Waals surface area (Å²) in [5.74, 6) is -0.848. The molecule has 0 bridgehead atoms. The van der Waals surface area contributed by atoms with Gasteiger partial charge >= 0.3 is 18.0 Å². The van der Waals surface area contributed by atoms with Gasteiger partial charge < -0.3 is 23.7 Å². The Kier molecular flexibility index (Phi) is 9.43. The van der Waals surface area contributed by atoms with E-state index in [0.29, 0.717) is 12.2 Å². The van der Waals surface area contributed by atoms with Crippen LogP contribution in [0.1, 0.15) is 32.1 Å². The fourth-order valence-corrected chi connectivity index (χ4v) is 4.58. The van der Waals surface area contributed by atoms with Gasteiger partial charge in [0.2, 0.25) is 11.8 Å². The predicted octanol–water partition coefficient (Wildman–Crippen LogP) is 3.75. The van der Waals surface area contributed by atoms with Crippen molar-refractivity contribution in [2.75, 3.05) is 18.5 Å². The third kappa shape index (κ3) is 7.85. The van der Waals surface area contributed by atoms with Gasteiger partial charge in [0.05, 0.1) is 17.9 Å². The number of nitrogens with zero attached hydrogens (tertiary/aromatic N) is 5. The van der Waals surface area contributed by atoms with Gasteiger partial charge in [-0.25, -0.2) is 9.78 Å². The van der Waals surface area contributed by atoms with Crippen molar-refractivity contribution < 1.29 is 43.0 Å². The number of benzene rings is 2. The van der Waals surface area contributed by atoms with E-state index in [2.05, 4.69) is 20.3 Å². The number of nitro benzene ring substituents is 1. The SMILES string of the molecule is CC(=O)OC[C@H]1O[C@@H](n2cnc3c(OCCc4ccc([N+](=O)[O-])cc4)nc(NC(=O)Oc4ccccc4)nc32)C[C@@H]1OC(C)=O. The maximum Gasteiger partial charge on any atom is 0.419 e. The summed E-state index contributed by atoms with van der Waals surface area (Å²) in [6.45, 7) is 2.50. The average molecular weight is 621 g/mol. The summed E-state index contributed by atoms with van der Waals surface area (Å²) in [5.41, 5.74) is 1.23. The number of non-ortho nitro benzene ring substituents is 1. The summed E-state index contributed by atoms with van der Waals surface area (Å²) < 4.78 is 29.4. The molecule has 2 aromatic carbocycles. The smallest absolute Gasteiger partial charge is 0.419 e. The number of carbonyl (C=O) groups is 3. The van der Waals surface area contributed by atoms with Gasteiger partial charge in [0.1, 0.15) is 30.8 Å². The van der Waals surface area contributed by atoms with Gasteiger partial charge in [-0.1, -0.05) is 30.3 Å². The molecule has 16 nitrogen and oxygen atoms in total. The minimum atomic E-state index is -0.850. The molecule has 1 fully saturated rings. The summed E-state index contributed by atoms with van der Waals surface area (Å²) in [6, 6.07) is 14.5. The van der Waals surface area contributed by atoms with Crippen molar-refractivity contribution >= 4 is 40.8 Å². The average Bonchev–Trinajstić information content (AvgIpc) is 3.60. The number of nitrogens with one attached hydrogen (secondary N) is 1. The van der Waals surface area contributed by atoms with Crippen LogP contribution in [-0.2, 0) is 30.2 Å². The predicted molar refractivity (Wildman–Crippen MR) is 154 cm³/mol. The Balaban J connectivity index is 1.40. The number of rotatable bonds is 11. The topological polar surface area (TPSA) is 196 Å². The summed E-state index contributed by atoms with van der Waals surface area (Å²) in [4.78, 5) is 59.5. The van der Waals surface area contributed by atoms with Gasteiger partial charge in [-0.05, 0) is 17.7 Å². The zero-order valence-electron chi connectivity index (χ0n) is 24.2. The maximum atomic E-state index is 12.7. The molecule has 45 heavy (non-hydrogen) atoms. The molecule has 0 radical (unpaired) electrons. The lowest BCUT2D eigenvalue weighted by atomic mass is 10.1. The molecule has 234 valence electrons. The Morgan fingerprint density at radius 3 is 2.51 bits per heavy atom. The molecule has 0 unspecified atom stereocenters. The van der Waals surface area contributed by atoms with Gasteiger partial charge in [0, 0.05) is 38.8 Å². The molecule has 3 heterocycles. The van der Waals surface area contributed by atoms with E-state index in [0.717, 1.165) is 5.56 Å². The van der Waals surface area contributed by atoms with Crippen molar-refractivity contribution in [1.82, 2.24) is 19.5 Å². The first-order chi connectivity index (χ1) is 21.7. The lowest BCUT2D eigenvalue weighted by Crippen LogP contribution is -2.31. The molecule has 0 aliphatic carbocycles. The Morgan fingerprint density at radius 2 is 1.82 bits per heavy atom. The van der Waals surface area contributed by atoms with E-state index >= 15 is 0 Å². The van der Waals surface area contributed by atoms with Crippen LogP contribution in [0.2, 0.25) is 0 Å². The van der Waals surface area contributed by atoms with E-state index in [1.165, 1.54) is 32.3 Å². The molecular weight excluding hydrogens is 592 g/mol. The van der Waals surface area contributed by atoms with E-state index < -0.39 is 41.4 Å². The largest absolute Gasteiger partial charge is 0.476 e. The molecule has 0 spiro atoms. The van der Waals surface area contributed by atoms with Crippen LogP contribution in [-0.4, -0.2) is 67.9 Å². The number of ether oxygens (including phenoxy) is 5. The van der Waals surface area contributed by atoms with Gasteiger partial charge in [0.15, 0.2) is 11.2 Å². The molecule has 1 aliphatic rings. The number of esters is 2. The highest BCUT2D eigenvalue weighted by molar-refractivity contribution is 5.86. The van der Waals surface area contributed by atoms with Crippen LogP contribution >= 0.6 is 0 Å². The van der Waals surface area contributed by atoms with E-state index in [4.69, 9.17) is 23.7 Å². The highest BCUT2D eigenvalue weighted by atomic mass is 16.6. The third-order valence-electron chi connectivity index (χ3n) is 6.59. The Labute approximate surface area is 255 Å². The van der Waals surface area contributed by atoms with Crippen LogP contribution in [0, 0.1) is 10.1 Å². The lowest BCUT2D eigenvalue weighted by Gasteiger charge is -2.17. The zero-order valence-corrected chi connectivity index (χ0v) is 24.2. The molecule has 3 atom stereocenters. The number of anilines is 1. The monoisotopic (exact) mass is 620 g/mol. The Bertz CT molecular complexity index is 1700. The summed E-state index contributed by atoms with van der Waals surface area (Å²) in [5, 5.41) is 13.5. The zero-order chi connectivity index (χ0) is 31.9. The number of amides is 1. The van der Waals surface area contributed by atoms with Crippen molar-refractivity contribution in [3.8, 4) is 11.6 Å². The number of aromatic nitrogens is 4. The number of imidazole rings is 1. The van der Waals surface area contributed by atoms with Gasteiger partial charge in [-0.2, -0.15) is 9.97 Å². The molecule has 2 aromatic heterocycles. The molecule has 5 rings (SSSR count). The van der Waals surface area contributed by atoms with E-state index in [9.17, 15) is 24.5 Å². The Morgan fingerprint density at radius 1 is 1.07 bits per heavy atom. The standard InChI is InChI=1S/C29H28N6O10/c1-17(36)42-15-23-22(43-18(2)37)14-24(45-23)34-16-30-25-26(34)31-28(33-29(38)44-21-6-4-3-5-7-21)32-27(25)41-13-12-19-8-10-20(11-9-19)35(39)40/h3-11,16,22-24H,12-15H2,1-2H3,(H,31,32,33,38)/t22-,23+,24+/m0/s1. The second-order valence-electron chi connectivity index (χ2n) is 9.84. The second-order valence-corrected chi connectivity index (χ2v) is 9.84. The quantitative estimate of drug-likeness (QED) is 0.145. The first-order valence-electron chi connectivity index (χ1n) is 13.8. The van der Waals surface area contributed by atoms with Gasteiger partial charge in [0.25, 0.3) is 5.69 Å². The van der Waals surface area contributed by atoms with Crippen molar-refractivity contribution in [3.63, 3.8) is 0 Å². The Hall–Kier alpha value is -5.64. The molecule has 1 amide bonds. The van der Waals surface area contributed by atoms with E-state index in [-0.39, 0.29) is 48.3 Å². The van der Waals surface area contributed by atoms with Crippen molar-refractivity contribution in [3.05, 3.63) is 76.6 Å². The number of carbonyl (C=O) groups excluding carboxylic acids is 3. The number of nitro groups is 1. The normalized spacial score (nSPS) is 17.4. The van der Waals surface area contributed by atoms with Crippen LogP contribution in [0.5, 0.6) is 11.6 Å². The maximum absolute atomic E-state index is 12.7. The highest BCUT2D eigenvalue weighted by Gasteiger charge is 2.40. The number of hydrogen-bond donors (Lipinski definition) is 1. The third-order valence-corrected chi connectivity index (χ3v) is 6.59. The number of hydrogen-bond acceptors (Lipinski definition) is 13. The first-order valence-corrected chi connectivity index (χ1v) is 13.8. The van der Waals surface area contributed by atoms with E-state index in [1.807, 2.05) is 0 Å². The molecule has 16 heteroatoms. The molecule has 1 N–H and O–H groups in total. The molecule has 0 saturated carbocycles. The van der Waals surface area contributed by atoms with Crippen LogP contribution in [0.3, 0.4) is 0 Å². The fraction of sp³-hybridized carbons (Fsp3) is 0.310. The second kappa shape index (κ2) is 13.8. The summed E-state index contributed by atoms with van der Waals surface area (Å²) in [6.07, 6.45) is -1.05.